The van der Waals surface area contributed by atoms with Gasteiger partial charge < -0.3 is 9.84 Å². The van der Waals surface area contributed by atoms with E-state index in [1.165, 1.54) is 4.90 Å². The first-order chi connectivity index (χ1) is 14.4. The van der Waals surface area contributed by atoms with Crippen molar-refractivity contribution in [3.63, 3.8) is 0 Å². The van der Waals surface area contributed by atoms with Crippen LogP contribution in [0.25, 0.3) is 0 Å². The first-order valence-electron chi connectivity index (χ1n) is 9.17. The Labute approximate surface area is 182 Å². The van der Waals surface area contributed by atoms with Crippen molar-refractivity contribution in [2.75, 3.05) is 6.61 Å². The third-order valence-corrected chi connectivity index (χ3v) is 5.70. The van der Waals surface area contributed by atoms with Crippen LogP contribution in [-0.2, 0) is 20.9 Å². The van der Waals surface area contributed by atoms with Crippen LogP contribution < -0.4 is 0 Å². The Morgan fingerprint density at radius 3 is 2.47 bits per heavy atom. The van der Waals surface area contributed by atoms with Crippen LogP contribution in [0.15, 0.2) is 53.5 Å². The number of rotatable bonds is 6. The average Bonchev–Trinajstić information content (AvgIpc) is 2.72. The zero-order valence-corrected chi connectivity index (χ0v) is 17.7. The van der Waals surface area contributed by atoms with Crippen LogP contribution in [0.5, 0.6) is 0 Å². The molecular weight excluding hydrogens is 428 g/mol. The van der Waals surface area contributed by atoms with E-state index in [2.05, 4.69) is 4.99 Å². The Bertz CT molecular complexity index is 976. The van der Waals surface area contributed by atoms with Gasteiger partial charge in [-0.1, -0.05) is 35.5 Å². The van der Waals surface area contributed by atoms with E-state index < -0.39 is 17.2 Å². The number of carbonyl (C=O) groups is 3. The number of amidine groups is 1. The summed E-state index contributed by atoms with van der Waals surface area (Å²) in [6, 6.07) is 13.4. The van der Waals surface area contributed by atoms with Gasteiger partial charge >= 0.3 is 11.9 Å². The number of halogens is 1. The Kier molecular flexibility index (Phi) is 7.12. The third kappa shape index (κ3) is 5.40. The topological polar surface area (TPSA) is 96.3 Å². The van der Waals surface area contributed by atoms with Gasteiger partial charge in [0.2, 0.25) is 5.91 Å². The molecule has 0 saturated carbocycles. The molecule has 9 heteroatoms. The Morgan fingerprint density at radius 2 is 1.87 bits per heavy atom. The van der Waals surface area contributed by atoms with E-state index in [-0.39, 0.29) is 30.6 Å². The van der Waals surface area contributed by atoms with Gasteiger partial charge in [0.1, 0.15) is 5.25 Å². The second-order valence-electron chi connectivity index (χ2n) is 6.42. The van der Waals surface area contributed by atoms with Gasteiger partial charge in [0, 0.05) is 5.02 Å². The van der Waals surface area contributed by atoms with Crippen LogP contribution in [0.4, 0.5) is 5.69 Å². The highest BCUT2D eigenvalue weighted by atomic mass is 35.5. The molecule has 1 heterocycles. The number of ether oxygens (including phenoxy) is 1. The van der Waals surface area contributed by atoms with E-state index in [1.54, 1.807) is 55.5 Å². The number of amides is 1. The first kappa shape index (κ1) is 21.9. The quantitative estimate of drug-likeness (QED) is 0.670. The van der Waals surface area contributed by atoms with E-state index >= 15 is 0 Å². The second kappa shape index (κ2) is 9.77. The van der Waals surface area contributed by atoms with Crippen LogP contribution in [0.1, 0.15) is 29.3 Å². The molecule has 30 heavy (non-hydrogen) atoms. The lowest BCUT2D eigenvalue weighted by Gasteiger charge is -2.30. The fourth-order valence-electron chi connectivity index (χ4n) is 2.76. The number of carboxylic acids is 1. The minimum Gasteiger partial charge on any atom is -0.480 e. The molecule has 1 unspecified atom stereocenters. The molecule has 0 radical (unpaired) electrons. The van der Waals surface area contributed by atoms with E-state index in [1.807, 2.05) is 0 Å². The number of aliphatic imine (C=N–C) groups is 1. The Morgan fingerprint density at radius 1 is 1.20 bits per heavy atom. The van der Waals surface area contributed by atoms with Gasteiger partial charge in [-0.05, 0) is 48.9 Å². The summed E-state index contributed by atoms with van der Waals surface area (Å²) in [5.74, 6) is -1.82. The van der Waals surface area contributed by atoms with Crippen molar-refractivity contribution in [2.45, 2.75) is 25.1 Å². The minimum atomic E-state index is -1.06. The molecule has 7 nitrogen and oxygen atoms in total. The van der Waals surface area contributed by atoms with Crippen LogP contribution in [-0.4, -0.2) is 44.9 Å². The van der Waals surface area contributed by atoms with Gasteiger partial charge in [0.25, 0.3) is 0 Å². The number of hydrogen-bond acceptors (Lipinski definition) is 6. The largest absolute Gasteiger partial charge is 0.480 e. The maximum absolute atomic E-state index is 12.7. The molecule has 1 N–H and O–H groups in total. The normalized spacial score (nSPS) is 17.8. The third-order valence-electron chi connectivity index (χ3n) is 4.27. The van der Waals surface area contributed by atoms with Crippen LogP contribution in [0.2, 0.25) is 5.02 Å². The summed E-state index contributed by atoms with van der Waals surface area (Å²) in [5, 5.41) is 9.35. The number of carboxylic acid groups (broad SMARTS) is 1. The van der Waals surface area contributed by atoms with Crippen LogP contribution >= 0.6 is 23.4 Å². The average molecular weight is 447 g/mol. The number of carbonyl (C=O) groups excluding carboxylic acids is 2. The second-order valence-corrected chi connectivity index (χ2v) is 8.02. The fourth-order valence-corrected chi connectivity index (χ4v) is 3.92. The highest BCUT2D eigenvalue weighted by molar-refractivity contribution is 8.15. The number of esters is 1. The molecule has 1 aliphatic heterocycles. The summed E-state index contributed by atoms with van der Waals surface area (Å²) in [6.07, 6.45) is -0.117. The highest BCUT2D eigenvalue weighted by Gasteiger charge is 2.35. The van der Waals surface area contributed by atoms with Crippen molar-refractivity contribution < 1.29 is 24.2 Å². The molecule has 0 spiro atoms. The summed E-state index contributed by atoms with van der Waals surface area (Å²) in [7, 11) is 0. The minimum absolute atomic E-state index is 0.117. The summed E-state index contributed by atoms with van der Waals surface area (Å²) in [5.41, 5.74) is 1.72. The molecule has 2 aromatic carbocycles. The molecular formula is C21H19ClN2O5S. The molecule has 0 aliphatic carbocycles. The smallest absolute Gasteiger partial charge is 0.338 e. The maximum Gasteiger partial charge on any atom is 0.338 e. The van der Waals surface area contributed by atoms with E-state index in [0.717, 1.165) is 17.3 Å². The van der Waals surface area contributed by atoms with Gasteiger partial charge in [-0.3, -0.25) is 14.5 Å². The fraction of sp³-hybridized carbons (Fsp3) is 0.238. The standard InChI is InChI=1S/C21H19ClN2O5S/c1-2-29-20(28)14-5-9-16(10-6-14)23-21-24(12-13-3-7-15(22)8-4-13)18(25)11-17(30-21)19(26)27/h3-10,17H,2,11-12H2,1H3,(H,26,27). The van der Waals surface area contributed by atoms with Crippen molar-refractivity contribution in [1.29, 1.82) is 0 Å². The number of aliphatic carboxylic acids is 1. The van der Waals surface area contributed by atoms with Crippen molar-refractivity contribution in [3.8, 4) is 0 Å². The van der Waals surface area contributed by atoms with Crippen LogP contribution in [0, 0.1) is 0 Å². The summed E-state index contributed by atoms with van der Waals surface area (Å²) in [4.78, 5) is 41.9. The summed E-state index contributed by atoms with van der Waals surface area (Å²) < 4.78 is 4.96. The Hall–Kier alpha value is -2.84. The molecule has 1 fully saturated rings. The van der Waals surface area contributed by atoms with Gasteiger partial charge in [-0.2, -0.15) is 0 Å². The summed E-state index contributed by atoms with van der Waals surface area (Å²) in [6.45, 7) is 2.25. The van der Waals surface area contributed by atoms with Gasteiger partial charge in [0.15, 0.2) is 5.17 Å². The number of hydrogen-bond donors (Lipinski definition) is 1. The molecule has 0 bridgehead atoms. The number of benzene rings is 2. The van der Waals surface area contributed by atoms with Crippen molar-refractivity contribution in [1.82, 2.24) is 4.90 Å². The molecule has 2 aromatic rings. The SMILES string of the molecule is CCOC(=O)c1ccc(N=C2SC(C(=O)O)CC(=O)N2Cc2ccc(Cl)cc2)cc1. The molecule has 1 aliphatic rings. The van der Waals surface area contributed by atoms with Gasteiger partial charge in [-0.25, -0.2) is 9.79 Å². The first-order valence-corrected chi connectivity index (χ1v) is 10.4. The number of nitrogens with zero attached hydrogens (tertiary/aromatic N) is 2. The molecule has 0 aromatic heterocycles. The van der Waals surface area contributed by atoms with Gasteiger partial charge in [0.05, 0.1) is 30.8 Å². The lowest BCUT2D eigenvalue weighted by molar-refractivity contribution is -0.139. The summed E-state index contributed by atoms with van der Waals surface area (Å²) >= 11 is 6.95. The lowest BCUT2D eigenvalue weighted by Crippen LogP contribution is -2.43. The molecule has 1 atom stereocenters. The van der Waals surface area contributed by atoms with E-state index in [4.69, 9.17) is 16.3 Å². The molecule has 1 saturated heterocycles. The van der Waals surface area contributed by atoms with Crippen molar-refractivity contribution in [3.05, 3.63) is 64.7 Å². The monoisotopic (exact) mass is 446 g/mol. The van der Waals surface area contributed by atoms with E-state index in [0.29, 0.717) is 16.3 Å². The lowest BCUT2D eigenvalue weighted by atomic mass is 10.2. The zero-order chi connectivity index (χ0) is 21.7. The highest BCUT2D eigenvalue weighted by Crippen LogP contribution is 2.30. The van der Waals surface area contributed by atoms with Crippen molar-refractivity contribution >= 4 is 52.1 Å². The van der Waals surface area contributed by atoms with Gasteiger partial charge in [-0.15, -0.1) is 0 Å². The Balaban J connectivity index is 1.88. The molecule has 156 valence electrons. The predicted octanol–water partition coefficient (Wildman–Crippen LogP) is 4.12. The van der Waals surface area contributed by atoms with E-state index in [9.17, 15) is 19.5 Å². The zero-order valence-electron chi connectivity index (χ0n) is 16.1. The number of thioether (sulfide) groups is 1. The van der Waals surface area contributed by atoms with Crippen molar-refractivity contribution in [2.24, 2.45) is 4.99 Å². The molecule has 3 rings (SSSR count). The molecule has 1 amide bonds. The van der Waals surface area contributed by atoms with Crippen LogP contribution in [0.3, 0.4) is 0 Å². The predicted molar refractivity (Wildman–Crippen MR) is 115 cm³/mol. The maximum atomic E-state index is 12.7.